The maximum atomic E-state index is 12.5. The Balaban J connectivity index is 1.90. The fourth-order valence-corrected chi connectivity index (χ4v) is 3.53. The van der Waals surface area contributed by atoms with Gasteiger partial charge in [0.2, 0.25) is 5.71 Å². The summed E-state index contributed by atoms with van der Waals surface area (Å²) in [7, 11) is 0. The van der Waals surface area contributed by atoms with Gasteiger partial charge in [-0.05, 0) is 39.2 Å². The predicted molar refractivity (Wildman–Crippen MR) is 93.6 cm³/mol. The molecule has 1 aliphatic heterocycles. The Bertz CT molecular complexity index is 824. The molecule has 1 atom stereocenters. The highest BCUT2D eigenvalue weighted by atomic mass is 16.5. The summed E-state index contributed by atoms with van der Waals surface area (Å²) < 4.78 is 10.6. The molecule has 0 aromatic carbocycles. The third-order valence-electron chi connectivity index (χ3n) is 4.82. The number of fused-ring (bicyclic) bond motifs is 1. The first-order valence-electron chi connectivity index (χ1n) is 8.95. The summed E-state index contributed by atoms with van der Waals surface area (Å²) in [5, 5.41) is 0.171. The number of rotatable bonds is 5. The smallest absolute Gasteiger partial charge is 0.342 e. The molecular formula is C18H25N3O4. The highest BCUT2D eigenvalue weighted by Gasteiger charge is 2.24. The molecule has 0 aliphatic carbocycles. The zero-order valence-electron chi connectivity index (χ0n) is 15.1. The summed E-state index contributed by atoms with van der Waals surface area (Å²) in [6.07, 6.45) is 3.59. The van der Waals surface area contributed by atoms with Crippen molar-refractivity contribution in [1.82, 2.24) is 14.9 Å². The second-order valence-electron chi connectivity index (χ2n) is 6.60. The van der Waals surface area contributed by atoms with Crippen LogP contribution in [0.5, 0.6) is 0 Å². The van der Waals surface area contributed by atoms with Crippen LogP contribution < -0.4 is 5.56 Å². The van der Waals surface area contributed by atoms with Crippen LogP contribution in [0.2, 0.25) is 0 Å². The van der Waals surface area contributed by atoms with Gasteiger partial charge in [-0.3, -0.25) is 9.69 Å². The first-order valence-corrected chi connectivity index (χ1v) is 8.95. The van der Waals surface area contributed by atoms with E-state index in [1.165, 1.54) is 12.8 Å². The van der Waals surface area contributed by atoms with Crippen LogP contribution in [0.25, 0.3) is 11.1 Å². The third-order valence-corrected chi connectivity index (χ3v) is 4.82. The number of carbonyl (C=O) groups is 1. The van der Waals surface area contributed by atoms with E-state index in [4.69, 9.17) is 9.15 Å². The molecule has 7 nitrogen and oxygen atoms in total. The van der Waals surface area contributed by atoms with Crippen molar-refractivity contribution < 1.29 is 13.9 Å². The van der Waals surface area contributed by atoms with Crippen LogP contribution in [0, 0.1) is 12.8 Å². The fraction of sp³-hybridized carbons (Fsp3) is 0.611. The molecule has 1 N–H and O–H groups in total. The van der Waals surface area contributed by atoms with E-state index < -0.39 is 5.97 Å². The SMILES string of the molecule is CCOC(=O)c1c(C)oc2nc(CN3CCCC(CC)C3)[nH]c(=O)c12. The molecule has 136 valence electrons. The maximum Gasteiger partial charge on any atom is 0.342 e. The van der Waals surface area contributed by atoms with Gasteiger partial charge in [0.25, 0.3) is 5.56 Å². The molecule has 3 rings (SSSR count). The molecule has 0 saturated carbocycles. The molecule has 3 heterocycles. The molecular weight excluding hydrogens is 322 g/mol. The molecule has 0 bridgehead atoms. The van der Waals surface area contributed by atoms with Gasteiger partial charge in [-0.15, -0.1) is 0 Å². The number of aromatic nitrogens is 2. The Morgan fingerprint density at radius 2 is 2.24 bits per heavy atom. The monoisotopic (exact) mass is 347 g/mol. The number of piperidine rings is 1. The number of hydrogen-bond donors (Lipinski definition) is 1. The summed E-state index contributed by atoms with van der Waals surface area (Å²) in [4.78, 5) is 34.2. The Morgan fingerprint density at radius 3 is 2.96 bits per heavy atom. The van der Waals surface area contributed by atoms with Crippen molar-refractivity contribution in [2.45, 2.75) is 46.6 Å². The van der Waals surface area contributed by atoms with Gasteiger partial charge in [-0.2, -0.15) is 4.98 Å². The third kappa shape index (κ3) is 3.61. The van der Waals surface area contributed by atoms with Gasteiger partial charge in [0.15, 0.2) is 0 Å². The van der Waals surface area contributed by atoms with E-state index in [-0.39, 0.29) is 28.8 Å². The highest BCUT2D eigenvalue weighted by molar-refractivity contribution is 6.03. The number of furan rings is 1. The summed E-state index contributed by atoms with van der Waals surface area (Å²) >= 11 is 0. The molecule has 25 heavy (non-hydrogen) atoms. The number of H-pyrrole nitrogens is 1. The predicted octanol–water partition coefficient (Wildman–Crippen LogP) is 2.62. The molecule has 0 radical (unpaired) electrons. The molecule has 1 aliphatic rings. The van der Waals surface area contributed by atoms with Crippen LogP contribution in [0.1, 0.15) is 55.1 Å². The number of carbonyl (C=O) groups excluding carboxylic acids is 1. The van der Waals surface area contributed by atoms with Crippen LogP contribution in [0.3, 0.4) is 0 Å². The van der Waals surface area contributed by atoms with E-state index in [9.17, 15) is 9.59 Å². The zero-order valence-corrected chi connectivity index (χ0v) is 15.1. The largest absolute Gasteiger partial charge is 0.462 e. The van der Waals surface area contributed by atoms with Crippen molar-refractivity contribution in [3.8, 4) is 0 Å². The van der Waals surface area contributed by atoms with Gasteiger partial charge in [-0.1, -0.05) is 13.3 Å². The average molecular weight is 347 g/mol. The van der Waals surface area contributed by atoms with Crippen LogP contribution >= 0.6 is 0 Å². The van der Waals surface area contributed by atoms with Gasteiger partial charge in [0, 0.05) is 6.54 Å². The standard InChI is InChI=1S/C18H25N3O4/c1-4-12-7-6-8-21(9-12)10-13-19-16(22)15-14(18(23)24-5-2)11(3)25-17(15)20-13/h12H,4-10H2,1-3H3,(H,19,20,22). The van der Waals surface area contributed by atoms with Crippen LogP contribution in [-0.2, 0) is 11.3 Å². The minimum atomic E-state index is -0.555. The summed E-state index contributed by atoms with van der Waals surface area (Å²) in [5.74, 6) is 1.07. The minimum absolute atomic E-state index is 0.168. The van der Waals surface area contributed by atoms with Crippen molar-refractivity contribution in [1.29, 1.82) is 0 Å². The lowest BCUT2D eigenvalue weighted by molar-refractivity contribution is 0.0526. The lowest BCUT2D eigenvalue weighted by Gasteiger charge is -2.31. The number of nitrogens with zero attached hydrogens (tertiary/aromatic N) is 2. The van der Waals surface area contributed by atoms with Crippen LogP contribution in [0.4, 0.5) is 0 Å². The number of esters is 1. The van der Waals surface area contributed by atoms with Crippen molar-refractivity contribution >= 4 is 17.1 Å². The Kier molecular flexibility index (Phi) is 5.22. The number of hydrogen-bond acceptors (Lipinski definition) is 6. The van der Waals surface area contributed by atoms with E-state index in [1.807, 2.05) is 0 Å². The van der Waals surface area contributed by atoms with Crippen molar-refractivity contribution in [2.75, 3.05) is 19.7 Å². The Labute approximate surface area is 146 Å². The van der Waals surface area contributed by atoms with Gasteiger partial charge in [-0.25, -0.2) is 4.79 Å². The van der Waals surface area contributed by atoms with E-state index in [2.05, 4.69) is 21.8 Å². The van der Waals surface area contributed by atoms with Gasteiger partial charge in [0.1, 0.15) is 22.5 Å². The molecule has 2 aromatic heterocycles. The minimum Gasteiger partial charge on any atom is -0.462 e. The average Bonchev–Trinajstić information content (AvgIpc) is 2.91. The number of aromatic amines is 1. The number of likely N-dealkylation sites (tertiary alicyclic amines) is 1. The molecule has 7 heteroatoms. The Hall–Kier alpha value is -2.15. The molecule has 1 unspecified atom stereocenters. The van der Waals surface area contributed by atoms with Gasteiger partial charge in [0.05, 0.1) is 13.2 Å². The topological polar surface area (TPSA) is 88.4 Å². The first kappa shape index (κ1) is 17.7. The molecule has 2 aromatic rings. The second kappa shape index (κ2) is 7.39. The lowest BCUT2D eigenvalue weighted by Crippen LogP contribution is -2.35. The lowest BCUT2D eigenvalue weighted by atomic mass is 9.96. The number of nitrogens with one attached hydrogen (secondary N) is 1. The first-order chi connectivity index (χ1) is 12.0. The van der Waals surface area contributed by atoms with E-state index in [0.29, 0.717) is 24.0 Å². The van der Waals surface area contributed by atoms with E-state index in [1.54, 1.807) is 13.8 Å². The summed E-state index contributed by atoms with van der Waals surface area (Å²) in [5.41, 5.74) is 0.00785. The second-order valence-corrected chi connectivity index (χ2v) is 6.60. The van der Waals surface area contributed by atoms with E-state index >= 15 is 0 Å². The van der Waals surface area contributed by atoms with E-state index in [0.717, 1.165) is 19.5 Å². The molecule has 1 fully saturated rings. The highest BCUT2D eigenvalue weighted by Crippen LogP contribution is 2.23. The van der Waals surface area contributed by atoms with Gasteiger partial charge < -0.3 is 14.1 Å². The summed E-state index contributed by atoms with van der Waals surface area (Å²) in [6, 6.07) is 0. The number of aryl methyl sites for hydroxylation is 1. The zero-order chi connectivity index (χ0) is 18.0. The number of ether oxygens (including phenoxy) is 1. The molecule has 0 spiro atoms. The van der Waals surface area contributed by atoms with Gasteiger partial charge >= 0.3 is 5.97 Å². The normalized spacial score (nSPS) is 18.6. The van der Waals surface area contributed by atoms with Crippen molar-refractivity contribution in [3.63, 3.8) is 0 Å². The maximum absolute atomic E-state index is 12.5. The summed E-state index contributed by atoms with van der Waals surface area (Å²) in [6.45, 7) is 8.41. The van der Waals surface area contributed by atoms with Crippen molar-refractivity contribution in [2.24, 2.45) is 5.92 Å². The van der Waals surface area contributed by atoms with Crippen LogP contribution in [0.15, 0.2) is 9.21 Å². The molecule has 0 amide bonds. The quantitative estimate of drug-likeness (QED) is 0.837. The molecule has 1 saturated heterocycles. The fourth-order valence-electron chi connectivity index (χ4n) is 3.53. The Morgan fingerprint density at radius 1 is 1.44 bits per heavy atom. The van der Waals surface area contributed by atoms with Crippen molar-refractivity contribution in [3.05, 3.63) is 27.5 Å². The van der Waals surface area contributed by atoms with Crippen LogP contribution in [-0.4, -0.2) is 40.5 Å².